The first-order valence-corrected chi connectivity index (χ1v) is 14.9. The number of hydrogen-bond donors (Lipinski definition) is 3. The number of aliphatic hydroxyl groups is 2. The van der Waals surface area contributed by atoms with Crippen molar-refractivity contribution in [2.45, 2.75) is 93.9 Å². The van der Waals surface area contributed by atoms with E-state index in [1.54, 1.807) is 0 Å². The van der Waals surface area contributed by atoms with Gasteiger partial charge in [0.1, 0.15) is 18.6 Å². The lowest BCUT2D eigenvalue weighted by molar-refractivity contribution is -0.0855. The number of aliphatic hydroxyl groups excluding tert-OH is 2. The number of rotatable bonds is 4. The van der Waals surface area contributed by atoms with E-state index in [-0.39, 0.29) is 5.54 Å². The molecule has 0 bridgehead atoms. The molecule has 3 fully saturated rings. The van der Waals surface area contributed by atoms with Crippen LogP contribution in [0.4, 0.5) is 15.9 Å². The summed E-state index contributed by atoms with van der Waals surface area (Å²) < 4.78 is 27.5. The normalized spacial score (nSPS) is 33.9. The largest absolute Gasteiger partial charge is 0.461 e. The van der Waals surface area contributed by atoms with Gasteiger partial charge >= 0.3 is 6.01 Å². The Morgan fingerprint density at radius 1 is 1.10 bits per heavy atom. The Balaban J connectivity index is 1.24. The van der Waals surface area contributed by atoms with E-state index in [4.69, 9.17) is 25.2 Å². The van der Waals surface area contributed by atoms with E-state index in [0.29, 0.717) is 64.5 Å². The van der Waals surface area contributed by atoms with E-state index >= 15 is 0 Å². The van der Waals surface area contributed by atoms with Gasteiger partial charge in [-0.05, 0) is 74.8 Å². The molecule has 5 aliphatic rings. The van der Waals surface area contributed by atoms with Crippen molar-refractivity contribution < 1.29 is 24.1 Å². The average Bonchev–Trinajstić information content (AvgIpc) is 3.41. The minimum absolute atomic E-state index is 0.292. The van der Waals surface area contributed by atoms with Crippen molar-refractivity contribution in [3.8, 4) is 6.01 Å². The predicted octanol–water partition coefficient (Wildman–Crippen LogP) is 2.64. The van der Waals surface area contributed by atoms with Crippen molar-refractivity contribution in [3.05, 3.63) is 40.6 Å². The maximum atomic E-state index is 14.4. The van der Waals surface area contributed by atoms with Gasteiger partial charge in [0, 0.05) is 43.7 Å². The summed E-state index contributed by atoms with van der Waals surface area (Å²) in [5, 5.41) is 20.6. The fourth-order valence-electron chi connectivity index (χ4n) is 7.85. The molecule has 4 N–H and O–H groups in total. The Hall–Kier alpha value is -2.53. The number of nitrogens with two attached hydrogens (primary N) is 1. The van der Waals surface area contributed by atoms with Gasteiger partial charge < -0.3 is 30.3 Å². The number of aromatic nitrogens is 2. The summed E-state index contributed by atoms with van der Waals surface area (Å²) >= 11 is 0. The summed E-state index contributed by atoms with van der Waals surface area (Å²) in [4.78, 5) is 14.2. The van der Waals surface area contributed by atoms with Crippen LogP contribution in [-0.2, 0) is 29.8 Å². The van der Waals surface area contributed by atoms with Gasteiger partial charge in [0.2, 0.25) is 0 Å². The zero-order valence-corrected chi connectivity index (χ0v) is 23.0. The highest BCUT2D eigenvalue weighted by atomic mass is 19.1. The number of fused-ring (bicyclic) bond motifs is 4. The van der Waals surface area contributed by atoms with E-state index in [1.165, 1.54) is 5.56 Å². The Labute approximate surface area is 234 Å². The van der Waals surface area contributed by atoms with Crippen LogP contribution in [-0.4, -0.2) is 81.8 Å². The van der Waals surface area contributed by atoms with Gasteiger partial charge in [-0.3, -0.25) is 4.90 Å². The Morgan fingerprint density at radius 2 is 1.93 bits per heavy atom. The lowest BCUT2D eigenvalue weighted by atomic mass is 9.74. The lowest BCUT2D eigenvalue weighted by Crippen LogP contribution is -2.44. The molecule has 2 unspecified atom stereocenters. The third-order valence-corrected chi connectivity index (χ3v) is 10.0. The Kier molecular flexibility index (Phi) is 6.65. The summed E-state index contributed by atoms with van der Waals surface area (Å²) in [6, 6.07) is 6.44. The van der Waals surface area contributed by atoms with Crippen molar-refractivity contribution >= 4 is 11.5 Å². The zero-order valence-electron chi connectivity index (χ0n) is 23.0. The molecule has 5 heterocycles. The van der Waals surface area contributed by atoms with Gasteiger partial charge in [0.25, 0.3) is 0 Å². The van der Waals surface area contributed by atoms with Crippen LogP contribution < -0.4 is 15.4 Å². The molecule has 1 aliphatic carbocycles. The highest BCUT2D eigenvalue weighted by molar-refractivity contribution is 5.54. The van der Waals surface area contributed by atoms with Crippen LogP contribution in [0.15, 0.2) is 18.2 Å². The molecule has 4 aliphatic heterocycles. The monoisotopic (exact) mass is 553 g/mol. The number of anilines is 2. The molecule has 0 saturated carbocycles. The summed E-state index contributed by atoms with van der Waals surface area (Å²) in [5.41, 5.74) is 10.4. The maximum Gasteiger partial charge on any atom is 0.318 e. The second-order valence-corrected chi connectivity index (χ2v) is 12.5. The Bertz CT molecular complexity index is 1270. The molecule has 9 nitrogen and oxygen atoms in total. The number of halogens is 1. The second-order valence-electron chi connectivity index (χ2n) is 12.5. The second kappa shape index (κ2) is 10.1. The first-order chi connectivity index (χ1) is 19.3. The molecule has 0 amide bonds. The number of benzene rings is 1. The van der Waals surface area contributed by atoms with Crippen LogP contribution in [0, 0.1) is 0 Å². The zero-order chi connectivity index (χ0) is 27.5. The summed E-state index contributed by atoms with van der Waals surface area (Å²) in [7, 11) is 0. The third-order valence-electron chi connectivity index (χ3n) is 10.0. The quantitative estimate of drug-likeness (QED) is 0.491. The number of ether oxygens (including phenoxy) is 2. The van der Waals surface area contributed by atoms with Gasteiger partial charge in [-0.2, -0.15) is 9.97 Å². The van der Waals surface area contributed by atoms with E-state index in [2.05, 4.69) is 21.9 Å². The summed E-state index contributed by atoms with van der Waals surface area (Å²) in [6.07, 6.45) is 4.52. The molecule has 216 valence electrons. The number of nitrogen functional groups attached to an aromatic ring is 1. The molecule has 1 aromatic heterocycles. The number of nitrogens with zero attached hydrogens (tertiary/aromatic N) is 4. The van der Waals surface area contributed by atoms with E-state index in [0.717, 1.165) is 67.0 Å². The van der Waals surface area contributed by atoms with Crippen LogP contribution >= 0.6 is 0 Å². The first kappa shape index (κ1) is 26.4. The van der Waals surface area contributed by atoms with E-state index in [1.807, 2.05) is 6.07 Å². The molecule has 1 spiro atoms. The van der Waals surface area contributed by atoms with Gasteiger partial charge in [-0.1, -0.05) is 6.07 Å². The highest BCUT2D eigenvalue weighted by Crippen LogP contribution is 2.47. The maximum absolute atomic E-state index is 14.4. The minimum Gasteiger partial charge on any atom is -0.461 e. The minimum atomic E-state index is -0.824. The fourth-order valence-corrected chi connectivity index (χ4v) is 7.85. The molecule has 3 saturated heterocycles. The molecule has 7 rings (SSSR count). The predicted molar refractivity (Wildman–Crippen MR) is 148 cm³/mol. The first-order valence-electron chi connectivity index (χ1n) is 14.9. The molecule has 40 heavy (non-hydrogen) atoms. The topological polar surface area (TPSA) is 117 Å². The van der Waals surface area contributed by atoms with Gasteiger partial charge in [0.15, 0.2) is 0 Å². The molecular formula is C30H40FN5O4. The van der Waals surface area contributed by atoms with Crippen LogP contribution in [0.25, 0.3) is 0 Å². The molecule has 2 aromatic rings. The van der Waals surface area contributed by atoms with E-state index in [9.17, 15) is 14.6 Å². The van der Waals surface area contributed by atoms with E-state index < -0.39 is 24.0 Å². The van der Waals surface area contributed by atoms with Crippen LogP contribution in [0.1, 0.15) is 67.3 Å². The lowest BCUT2D eigenvalue weighted by Gasteiger charge is -2.43. The fraction of sp³-hybridized carbons (Fsp3) is 0.667. The molecular weight excluding hydrogens is 513 g/mol. The Morgan fingerprint density at radius 3 is 2.75 bits per heavy atom. The SMILES string of the molecule is Nc1ccc2c(c1)C1(CCC2)Cc2nc(OC[C@@]34CCCN3CC(F)C4)nc(N3CC[C@@H](O)[C@@H](O)CC3)c2CO1. The van der Waals surface area contributed by atoms with Crippen molar-refractivity contribution in [3.63, 3.8) is 0 Å². The molecule has 1 aromatic carbocycles. The standard InChI is InChI=1S/C30H40FN5O4/c31-20-14-29(8-2-10-36(29)16-20)18-39-28-33-24-15-30(9-1-3-19-4-5-21(32)13-23(19)30)40-17-22(24)27(34-28)35-11-6-25(37)26(38)7-12-35/h4-5,13,20,25-26,37-38H,1-3,6-12,14-18,32H2/t20?,25-,26+,29-,30?/m0/s1. The van der Waals surface area contributed by atoms with Gasteiger partial charge in [0.05, 0.1) is 35.6 Å². The number of alkyl halides is 1. The van der Waals surface area contributed by atoms with Crippen molar-refractivity contribution in [2.75, 3.05) is 43.4 Å². The van der Waals surface area contributed by atoms with Crippen LogP contribution in [0.5, 0.6) is 6.01 Å². The van der Waals surface area contributed by atoms with Crippen LogP contribution in [0.2, 0.25) is 0 Å². The summed E-state index contributed by atoms with van der Waals surface area (Å²) in [6.45, 7) is 3.23. The molecule has 10 heteroatoms. The number of hydrogen-bond acceptors (Lipinski definition) is 9. The van der Waals surface area contributed by atoms with Crippen molar-refractivity contribution in [1.29, 1.82) is 0 Å². The number of aryl methyl sites for hydroxylation is 1. The van der Waals surface area contributed by atoms with Gasteiger partial charge in [-0.25, -0.2) is 4.39 Å². The van der Waals surface area contributed by atoms with Gasteiger partial charge in [-0.15, -0.1) is 0 Å². The van der Waals surface area contributed by atoms with Crippen molar-refractivity contribution in [1.82, 2.24) is 14.9 Å². The highest BCUT2D eigenvalue weighted by Gasteiger charge is 2.50. The summed E-state index contributed by atoms with van der Waals surface area (Å²) in [5.74, 6) is 0.746. The van der Waals surface area contributed by atoms with Crippen LogP contribution in [0.3, 0.4) is 0 Å². The molecule has 0 radical (unpaired) electrons. The third kappa shape index (κ3) is 4.53. The average molecular weight is 554 g/mol. The molecule has 5 atom stereocenters. The van der Waals surface area contributed by atoms with Crippen molar-refractivity contribution in [2.24, 2.45) is 0 Å². The smallest absolute Gasteiger partial charge is 0.318 e.